The molecule has 4 N–H and O–H groups in total. The van der Waals surface area contributed by atoms with E-state index in [1.807, 2.05) is 87.8 Å². The number of aromatic hydroxyl groups is 1. The van der Waals surface area contributed by atoms with Gasteiger partial charge in [0.15, 0.2) is 0 Å². The van der Waals surface area contributed by atoms with Crippen molar-refractivity contribution in [2.45, 2.75) is 129 Å². The van der Waals surface area contributed by atoms with Crippen molar-refractivity contribution in [1.29, 1.82) is 0 Å². The van der Waals surface area contributed by atoms with Crippen molar-refractivity contribution in [1.82, 2.24) is 40.7 Å². The summed E-state index contributed by atoms with van der Waals surface area (Å²) in [6.07, 6.45) is 7.52. The summed E-state index contributed by atoms with van der Waals surface area (Å²) in [5.41, 5.74) is 7.52. The summed E-state index contributed by atoms with van der Waals surface area (Å²) in [5, 5.41) is 22.6. The van der Waals surface area contributed by atoms with E-state index >= 15 is 0 Å². The monoisotopic (exact) mass is 1010 g/mol. The second kappa shape index (κ2) is 22.3. The Morgan fingerprint density at radius 2 is 1.73 bits per heavy atom. The van der Waals surface area contributed by atoms with E-state index in [1.54, 1.807) is 16.2 Å². The number of carbonyl (C=O) groups excluding carboxylic acids is 3. The lowest BCUT2D eigenvalue weighted by atomic mass is 9.85. The zero-order valence-electron chi connectivity index (χ0n) is 42.9. The average molecular weight is 1010 g/mol. The summed E-state index contributed by atoms with van der Waals surface area (Å²) in [7, 11) is 0. The molecule has 10 rings (SSSR count). The minimum atomic E-state index is -0.791. The van der Waals surface area contributed by atoms with Crippen molar-refractivity contribution in [3.63, 3.8) is 0 Å². The van der Waals surface area contributed by atoms with Gasteiger partial charge in [-0.3, -0.25) is 19.3 Å². The minimum Gasteiger partial charge on any atom is -0.508 e. The Hall–Kier alpha value is -5.88. The number of piperazine rings is 1. The molecule has 5 aliphatic rings. The standard InChI is InChI=1S/C56H72N10O6S/c1-36-50(73-35-58-36)38-16-14-37(15-17-38)30-57-53(69)47-13-8-24-66(47)54(70)51(56(2,3)4)61-49(68)21-27-71-26-9-23-63-22-7-11-42(63)34-72-55-60-46-33-64(48-29-43(67)28-39-10-5-6-12-44(39)48)25-20-45(46)52(62-55)65-31-40-18-19-41(32-65)59-40/h5-6,10,12,14-17,28-29,35,40-42,47,51,59,67H,7-9,11,13,18-27,30-34H2,1-4H3,(H,57,69)(H,61,68)/t40?,41?,42-,47-,51+/m0/s1. The van der Waals surface area contributed by atoms with Crippen LogP contribution < -0.4 is 30.5 Å². The maximum Gasteiger partial charge on any atom is 0.318 e. The number of thiazole rings is 1. The molecular formula is C56H72N10O6S. The zero-order chi connectivity index (χ0) is 50.6. The van der Waals surface area contributed by atoms with Gasteiger partial charge in [-0.15, -0.1) is 11.3 Å². The van der Waals surface area contributed by atoms with E-state index in [2.05, 4.69) is 41.7 Å². The lowest BCUT2D eigenvalue weighted by Gasteiger charge is -2.37. The summed E-state index contributed by atoms with van der Waals surface area (Å²) in [4.78, 5) is 65.6. The molecule has 0 radical (unpaired) electrons. The molecule has 2 aromatic heterocycles. The molecule has 5 atom stereocenters. The van der Waals surface area contributed by atoms with Gasteiger partial charge in [-0.05, 0) is 92.8 Å². The number of amides is 3. The topological polar surface area (TPSA) is 178 Å². The quantitative estimate of drug-likeness (QED) is 0.0679. The fourth-order valence-electron chi connectivity index (χ4n) is 11.6. The van der Waals surface area contributed by atoms with Crippen LogP contribution in [0, 0.1) is 12.3 Å². The Bertz CT molecular complexity index is 2750. The SMILES string of the molecule is Cc1ncsc1-c1ccc(CNC(=O)[C@@H]2CCCN2C(=O)[C@@H](NC(=O)CCOCCCN2CCC[C@H]2COc2nc3c(c(N4CC5CCC(C4)N5)n2)CCN(c2cc(O)cc4ccccc24)C3)C(C)(C)C)cc1. The number of rotatable bonds is 18. The number of ether oxygens (including phenoxy) is 2. The molecule has 7 heterocycles. The number of nitrogens with zero attached hydrogens (tertiary/aromatic N) is 7. The van der Waals surface area contributed by atoms with E-state index < -0.39 is 17.5 Å². The van der Waals surface area contributed by atoms with E-state index in [9.17, 15) is 19.5 Å². The van der Waals surface area contributed by atoms with Gasteiger partial charge in [-0.25, -0.2) is 4.98 Å². The number of likely N-dealkylation sites (tertiary alicyclic amines) is 2. The van der Waals surface area contributed by atoms with Crippen LogP contribution in [-0.2, 0) is 38.6 Å². The van der Waals surface area contributed by atoms with E-state index in [-0.39, 0.29) is 42.5 Å². The van der Waals surface area contributed by atoms with Crippen LogP contribution >= 0.6 is 11.3 Å². The number of hydrogen-bond acceptors (Lipinski definition) is 14. The summed E-state index contributed by atoms with van der Waals surface area (Å²) in [6, 6.07) is 20.2. The first-order valence-corrected chi connectivity index (χ1v) is 27.4. The van der Waals surface area contributed by atoms with E-state index in [0.29, 0.717) is 57.4 Å². The molecule has 4 fully saturated rings. The number of hydrogen-bond donors (Lipinski definition) is 4. The number of aryl methyl sites for hydroxylation is 1. The Kier molecular flexibility index (Phi) is 15.5. The normalized spacial score (nSPS) is 21.4. The predicted octanol–water partition coefficient (Wildman–Crippen LogP) is 6.75. The van der Waals surface area contributed by atoms with Gasteiger partial charge in [0, 0.05) is 93.1 Å². The maximum absolute atomic E-state index is 14.1. The van der Waals surface area contributed by atoms with Gasteiger partial charge in [0.1, 0.15) is 30.3 Å². The van der Waals surface area contributed by atoms with Gasteiger partial charge in [-0.2, -0.15) is 9.97 Å². The van der Waals surface area contributed by atoms with Crippen LogP contribution in [0.3, 0.4) is 0 Å². The van der Waals surface area contributed by atoms with Crippen LogP contribution in [0.2, 0.25) is 0 Å². The van der Waals surface area contributed by atoms with Gasteiger partial charge in [0.2, 0.25) is 17.7 Å². The fourth-order valence-corrected chi connectivity index (χ4v) is 12.4. The van der Waals surface area contributed by atoms with Crippen molar-refractivity contribution >= 4 is 51.3 Å². The first-order valence-electron chi connectivity index (χ1n) is 26.5. The molecule has 3 amide bonds. The van der Waals surface area contributed by atoms with Gasteiger partial charge >= 0.3 is 6.01 Å². The highest BCUT2D eigenvalue weighted by Crippen LogP contribution is 2.38. The third-order valence-electron chi connectivity index (χ3n) is 15.5. The van der Waals surface area contributed by atoms with Crippen LogP contribution in [0.15, 0.2) is 66.2 Å². The highest BCUT2D eigenvalue weighted by atomic mass is 32.1. The molecule has 5 aliphatic heterocycles. The molecule has 3 aromatic carbocycles. The Labute approximate surface area is 433 Å². The first-order chi connectivity index (χ1) is 35.3. The lowest BCUT2D eigenvalue weighted by molar-refractivity contribution is -0.144. The van der Waals surface area contributed by atoms with Crippen LogP contribution in [0.5, 0.6) is 11.8 Å². The van der Waals surface area contributed by atoms with Crippen molar-refractivity contribution in [3.8, 4) is 22.2 Å². The molecule has 2 bridgehead atoms. The van der Waals surface area contributed by atoms with Gasteiger partial charge in [-0.1, -0.05) is 69.3 Å². The second-order valence-electron chi connectivity index (χ2n) is 21.8. The highest BCUT2D eigenvalue weighted by molar-refractivity contribution is 7.13. The zero-order valence-corrected chi connectivity index (χ0v) is 43.7. The third-order valence-corrected chi connectivity index (χ3v) is 16.5. The largest absolute Gasteiger partial charge is 0.508 e. The molecule has 4 saturated heterocycles. The van der Waals surface area contributed by atoms with Crippen molar-refractivity contribution < 1.29 is 29.0 Å². The number of phenols is 1. The van der Waals surface area contributed by atoms with Crippen LogP contribution in [0.4, 0.5) is 11.5 Å². The van der Waals surface area contributed by atoms with Gasteiger partial charge < -0.3 is 45.2 Å². The number of carbonyl (C=O) groups is 3. The predicted molar refractivity (Wildman–Crippen MR) is 285 cm³/mol. The molecule has 0 saturated carbocycles. The molecule has 0 aliphatic carbocycles. The van der Waals surface area contributed by atoms with Crippen LogP contribution in [0.1, 0.15) is 94.7 Å². The Morgan fingerprint density at radius 3 is 2.51 bits per heavy atom. The molecule has 5 aromatic rings. The van der Waals surface area contributed by atoms with Gasteiger partial charge in [0.05, 0.1) is 34.9 Å². The highest BCUT2D eigenvalue weighted by Gasteiger charge is 2.42. The average Bonchev–Trinajstić information content (AvgIpc) is 4.22. The fraction of sp³-hybridized carbons (Fsp3) is 0.536. The van der Waals surface area contributed by atoms with Crippen LogP contribution in [-0.4, -0.2) is 137 Å². The summed E-state index contributed by atoms with van der Waals surface area (Å²) >= 11 is 1.61. The molecule has 2 unspecified atom stereocenters. The molecule has 16 nitrogen and oxygen atoms in total. The van der Waals surface area contributed by atoms with Crippen LogP contribution in [0.25, 0.3) is 21.2 Å². The molecular weight excluding hydrogens is 941 g/mol. The molecule has 17 heteroatoms. The molecule has 73 heavy (non-hydrogen) atoms. The number of benzene rings is 3. The van der Waals surface area contributed by atoms with E-state index in [0.717, 1.165) is 114 Å². The smallest absolute Gasteiger partial charge is 0.318 e. The van der Waals surface area contributed by atoms with Crippen molar-refractivity contribution in [3.05, 3.63) is 88.7 Å². The third kappa shape index (κ3) is 11.7. The van der Waals surface area contributed by atoms with Gasteiger partial charge in [0.25, 0.3) is 0 Å². The number of anilines is 2. The number of aromatic nitrogens is 3. The Balaban J connectivity index is 0.689. The van der Waals surface area contributed by atoms with E-state index in [1.165, 1.54) is 18.4 Å². The number of nitrogens with one attached hydrogen (secondary N) is 3. The second-order valence-corrected chi connectivity index (χ2v) is 22.6. The minimum absolute atomic E-state index is 0.130. The number of phenolic OH excluding ortho intramolecular Hbond substituents is 1. The van der Waals surface area contributed by atoms with Crippen molar-refractivity contribution in [2.24, 2.45) is 5.41 Å². The summed E-state index contributed by atoms with van der Waals surface area (Å²) in [5.74, 6) is 0.595. The first kappa shape index (κ1) is 50.6. The maximum atomic E-state index is 14.1. The van der Waals surface area contributed by atoms with E-state index in [4.69, 9.17) is 19.4 Å². The lowest BCUT2D eigenvalue weighted by Crippen LogP contribution is -2.57. The number of fused-ring (bicyclic) bond motifs is 4. The molecule has 388 valence electrons. The van der Waals surface area contributed by atoms with Crippen molar-refractivity contribution in [2.75, 3.05) is 68.9 Å². The summed E-state index contributed by atoms with van der Waals surface area (Å²) in [6.45, 7) is 15.0. The Morgan fingerprint density at radius 1 is 0.932 bits per heavy atom. The summed E-state index contributed by atoms with van der Waals surface area (Å²) < 4.78 is 12.6. The molecule has 0 spiro atoms.